The van der Waals surface area contributed by atoms with Crippen LogP contribution in [-0.4, -0.2) is 86.3 Å². The van der Waals surface area contributed by atoms with Crippen molar-refractivity contribution in [2.45, 2.75) is 19.0 Å². The second-order valence-electron chi connectivity index (χ2n) is 12.2. The number of carboxylic acids is 1. The van der Waals surface area contributed by atoms with E-state index in [0.29, 0.717) is 55.1 Å². The summed E-state index contributed by atoms with van der Waals surface area (Å²) in [5.41, 5.74) is 5.59. The first-order valence-corrected chi connectivity index (χ1v) is 16.8. The normalized spacial score (nSPS) is 13.9. The predicted molar refractivity (Wildman–Crippen MR) is 193 cm³/mol. The van der Waals surface area contributed by atoms with Crippen LogP contribution in [0, 0.1) is 0 Å². The molecule has 0 radical (unpaired) electrons. The van der Waals surface area contributed by atoms with Crippen molar-refractivity contribution in [2.75, 3.05) is 48.7 Å². The van der Waals surface area contributed by atoms with E-state index < -0.39 is 12.1 Å². The third-order valence-electron chi connectivity index (χ3n) is 8.62. The van der Waals surface area contributed by atoms with Gasteiger partial charge in [-0.3, -0.25) is 4.79 Å². The van der Waals surface area contributed by atoms with Crippen molar-refractivity contribution < 1.29 is 37.4 Å². The van der Waals surface area contributed by atoms with Crippen LogP contribution in [0.1, 0.15) is 11.1 Å². The van der Waals surface area contributed by atoms with E-state index in [-0.39, 0.29) is 18.5 Å². The molecule has 1 saturated heterocycles. The minimum atomic E-state index is -5.08. The lowest BCUT2D eigenvalue weighted by Gasteiger charge is -2.34. The molecule has 276 valence electrons. The lowest BCUT2D eigenvalue weighted by atomic mass is 10.0. The maximum atomic E-state index is 13.2. The smallest absolute Gasteiger partial charge is 0.483 e. The van der Waals surface area contributed by atoms with Crippen LogP contribution < -0.4 is 20.7 Å². The van der Waals surface area contributed by atoms with Gasteiger partial charge >= 0.3 is 18.2 Å². The Morgan fingerprint density at radius 3 is 2.42 bits per heavy atom. The lowest BCUT2D eigenvalue weighted by molar-refractivity contribution is -0.192. The maximum absolute atomic E-state index is 13.2. The predicted octanol–water partition coefficient (Wildman–Crippen LogP) is 6.60. The zero-order valence-electron chi connectivity index (χ0n) is 28.3. The molecule has 6 bridgehead atoms. The number of urea groups is 1. The Balaban J connectivity index is 0.000000626. The summed E-state index contributed by atoms with van der Waals surface area (Å²) in [6.45, 7) is 1.66. The Morgan fingerprint density at radius 2 is 1.66 bits per heavy atom. The number of carboxylic acid groups (broad SMARTS) is 1. The number of halogens is 4. The highest BCUT2D eigenvalue weighted by Gasteiger charge is 2.38. The van der Waals surface area contributed by atoms with Crippen molar-refractivity contribution in [1.29, 1.82) is 0 Å². The molecule has 17 heteroatoms. The number of aliphatic carboxylic acids is 1. The number of amides is 3. The third kappa shape index (κ3) is 9.07. The zero-order valence-corrected chi connectivity index (χ0v) is 29.0. The Hall–Kier alpha value is -6.03. The molecule has 5 aromatic rings. The number of nitrogens with one attached hydrogen (secondary N) is 3. The maximum Gasteiger partial charge on any atom is 0.490 e. The molecule has 0 saturated carbocycles. The van der Waals surface area contributed by atoms with Gasteiger partial charge in [-0.25, -0.2) is 14.6 Å². The molecule has 2 aliphatic heterocycles. The van der Waals surface area contributed by atoms with Gasteiger partial charge in [-0.2, -0.15) is 18.2 Å². The minimum Gasteiger partial charge on any atom is -0.483 e. The largest absolute Gasteiger partial charge is 0.490 e. The van der Waals surface area contributed by atoms with Crippen molar-refractivity contribution in [3.05, 3.63) is 95.3 Å². The topological polar surface area (TPSA) is 154 Å². The summed E-state index contributed by atoms with van der Waals surface area (Å²) in [6.07, 6.45) is -0.0832. The Morgan fingerprint density at radius 1 is 0.943 bits per heavy atom. The number of piperazine rings is 1. The third-order valence-corrected chi connectivity index (χ3v) is 8.89. The summed E-state index contributed by atoms with van der Waals surface area (Å²) >= 11 is 6.40. The number of rotatable bonds is 4. The number of alkyl halides is 3. The number of ether oxygens (including phenoxy) is 1. The molecule has 3 amide bonds. The van der Waals surface area contributed by atoms with E-state index in [1.54, 1.807) is 16.0 Å². The van der Waals surface area contributed by atoms with Crippen molar-refractivity contribution >= 4 is 69.2 Å². The number of aromatic nitrogens is 3. The van der Waals surface area contributed by atoms with Gasteiger partial charge in [0, 0.05) is 61.7 Å². The van der Waals surface area contributed by atoms with E-state index in [2.05, 4.69) is 38.1 Å². The van der Waals surface area contributed by atoms with Crippen molar-refractivity contribution in [3.8, 4) is 5.75 Å². The SMILES string of the molecule is Cn1ccc2c(NC(=O)N3CCN(C(=O)COc4ccc5cc4CCc4cccc(c4)Nc4ncc(Cl)c(n4)N5)CC3)cccc21.O=C(O)C(F)(F)F. The molecule has 2 aliphatic rings. The van der Waals surface area contributed by atoms with Gasteiger partial charge in [0.25, 0.3) is 5.91 Å². The number of benzene rings is 3. The van der Waals surface area contributed by atoms with Crippen LogP contribution in [0.5, 0.6) is 5.75 Å². The highest BCUT2D eigenvalue weighted by atomic mass is 35.5. The van der Waals surface area contributed by atoms with Crippen molar-refractivity contribution in [3.63, 3.8) is 0 Å². The fourth-order valence-corrected chi connectivity index (χ4v) is 5.99. The molecule has 0 spiro atoms. The quantitative estimate of drug-likeness (QED) is 0.159. The van der Waals surface area contributed by atoms with E-state index in [1.165, 1.54) is 0 Å². The number of fused-ring (bicyclic) bond motifs is 7. The van der Waals surface area contributed by atoms with Crippen LogP contribution in [-0.2, 0) is 29.5 Å². The van der Waals surface area contributed by atoms with Gasteiger partial charge in [-0.1, -0.05) is 29.8 Å². The van der Waals surface area contributed by atoms with Gasteiger partial charge < -0.3 is 40.2 Å². The molecule has 2 aromatic heterocycles. The molecule has 0 unspecified atom stereocenters. The number of nitrogens with zero attached hydrogens (tertiary/aromatic N) is 5. The van der Waals surface area contributed by atoms with E-state index in [4.69, 9.17) is 26.2 Å². The summed E-state index contributed by atoms with van der Waals surface area (Å²) in [4.78, 5) is 47.5. The molecule has 13 nitrogen and oxygen atoms in total. The van der Waals surface area contributed by atoms with E-state index in [9.17, 15) is 22.8 Å². The highest BCUT2D eigenvalue weighted by molar-refractivity contribution is 6.32. The average Bonchev–Trinajstić information content (AvgIpc) is 3.52. The first kappa shape index (κ1) is 36.8. The number of aryl methyl sites for hydroxylation is 3. The van der Waals surface area contributed by atoms with Crippen LogP contribution in [0.4, 0.5) is 46.8 Å². The summed E-state index contributed by atoms with van der Waals surface area (Å²) < 4.78 is 39.9. The van der Waals surface area contributed by atoms with Gasteiger partial charge in [-0.05, 0) is 72.5 Å². The number of carbonyl (C=O) groups excluding carboxylic acids is 2. The Labute approximate surface area is 306 Å². The van der Waals surface area contributed by atoms with Gasteiger partial charge in [0.1, 0.15) is 10.8 Å². The number of anilines is 5. The number of hydrogen-bond acceptors (Lipinski definition) is 8. The summed E-state index contributed by atoms with van der Waals surface area (Å²) in [5.74, 6) is -1.31. The lowest BCUT2D eigenvalue weighted by Crippen LogP contribution is -2.52. The Kier molecular flexibility index (Phi) is 10.9. The fraction of sp³-hybridized carbons (Fsp3) is 0.250. The standard InChI is InChI=1S/C34H33ClN8O3.C2HF3O2/c1-41-13-12-26-28(6-3-7-29(26)41)39-34(45)43-16-14-42(15-17-43)31(44)21-46-30-11-10-25-19-23(30)9-8-22-4-2-5-24(18-22)38-33-36-20-27(35)32(37-25)40-33;3-2(4,5)1(6)7/h2-7,10-13,18-20H,8-9,14-17,21H2,1H3,(H,39,45)(H2,36,37,38,40);(H,6,7). The van der Waals surface area contributed by atoms with Crippen LogP contribution in [0.3, 0.4) is 0 Å². The first-order chi connectivity index (χ1) is 25.3. The summed E-state index contributed by atoms with van der Waals surface area (Å²) in [5, 5.41) is 18.1. The highest BCUT2D eigenvalue weighted by Crippen LogP contribution is 2.31. The molecule has 3 aromatic carbocycles. The zero-order chi connectivity index (χ0) is 37.7. The average molecular weight is 751 g/mol. The van der Waals surface area contributed by atoms with Crippen LogP contribution in [0.25, 0.3) is 10.9 Å². The molecular weight excluding hydrogens is 717 g/mol. The second kappa shape index (κ2) is 15.7. The number of hydrogen-bond donors (Lipinski definition) is 4. The van der Waals surface area contributed by atoms with E-state index in [0.717, 1.165) is 45.5 Å². The molecule has 4 heterocycles. The summed E-state index contributed by atoms with van der Waals surface area (Å²) in [6, 6.07) is 21.5. The van der Waals surface area contributed by atoms with Gasteiger partial charge in [0.15, 0.2) is 12.4 Å². The van der Waals surface area contributed by atoms with E-state index >= 15 is 0 Å². The first-order valence-electron chi connectivity index (χ1n) is 16.4. The monoisotopic (exact) mass is 750 g/mol. The molecule has 7 rings (SSSR count). The van der Waals surface area contributed by atoms with Crippen molar-refractivity contribution in [1.82, 2.24) is 24.3 Å². The molecule has 1 fully saturated rings. The second-order valence-corrected chi connectivity index (χ2v) is 12.6. The molecule has 0 aliphatic carbocycles. The molecular formula is C36H34ClF3N8O5. The summed E-state index contributed by atoms with van der Waals surface area (Å²) in [7, 11) is 1.98. The molecule has 0 atom stereocenters. The van der Waals surface area contributed by atoms with Gasteiger partial charge in [0.05, 0.1) is 11.9 Å². The van der Waals surface area contributed by atoms with E-state index in [1.807, 2.05) is 72.4 Å². The van der Waals surface area contributed by atoms with Crippen molar-refractivity contribution in [2.24, 2.45) is 7.05 Å². The van der Waals surface area contributed by atoms with Crippen LogP contribution >= 0.6 is 11.6 Å². The molecule has 4 N–H and O–H groups in total. The fourth-order valence-electron chi connectivity index (χ4n) is 5.85. The van der Waals surface area contributed by atoms with Gasteiger partial charge in [-0.15, -0.1) is 0 Å². The Bertz CT molecular complexity index is 2150. The minimum absolute atomic E-state index is 0.0948. The van der Waals surface area contributed by atoms with Crippen LogP contribution in [0.15, 0.2) is 79.1 Å². The molecule has 53 heavy (non-hydrogen) atoms. The van der Waals surface area contributed by atoms with Crippen LogP contribution in [0.2, 0.25) is 5.02 Å². The van der Waals surface area contributed by atoms with Gasteiger partial charge in [0.2, 0.25) is 5.95 Å². The number of carbonyl (C=O) groups is 3.